The van der Waals surface area contributed by atoms with Gasteiger partial charge in [-0.1, -0.05) is 29.3 Å². The molecule has 0 fully saturated rings. The van der Waals surface area contributed by atoms with Gasteiger partial charge in [0, 0.05) is 17.8 Å². The molecule has 0 radical (unpaired) electrons. The SMILES string of the molecule is Cc1ccc(NS(=O)(=O)c2ccc(NC(=O)c3ccc([N+](=O)[O-])cc3Cl)cc2)c(C)c1. The van der Waals surface area contributed by atoms with Crippen LogP contribution in [0.25, 0.3) is 0 Å². The maximum atomic E-state index is 12.7. The summed E-state index contributed by atoms with van der Waals surface area (Å²) in [4.78, 5) is 22.6. The number of amides is 1. The van der Waals surface area contributed by atoms with Crippen LogP contribution in [0.2, 0.25) is 5.02 Å². The lowest BCUT2D eigenvalue weighted by molar-refractivity contribution is -0.384. The van der Waals surface area contributed by atoms with Crippen LogP contribution in [0.4, 0.5) is 17.1 Å². The highest BCUT2D eigenvalue weighted by atomic mass is 35.5. The van der Waals surface area contributed by atoms with E-state index in [2.05, 4.69) is 10.0 Å². The van der Waals surface area contributed by atoms with Crippen molar-refractivity contribution in [1.82, 2.24) is 0 Å². The van der Waals surface area contributed by atoms with Crippen LogP contribution >= 0.6 is 11.6 Å². The molecule has 2 N–H and O–H groups in total. The third-order valence-electron chi connectivity index (χ3n) is 4.46. The molecule has 0 bridgehead atoms. The first-order chi connectivity index (χ1) is 14.6. The number of carbonyl (C=O) groups is 1. The summed E-state index contributed by atoms with van der Waals surface area (Å²) in [5, 5.41) is 13.3. The van der Waals surface area contributed by atoms with Gasteiger partial charge in [-0.15, -0.1) is 0 Å². The topological polar surface area (TPSA) is 118 Å². The second-order valence-electron chi connectivity index (χ2n) is 6.82. The highest BCUT2D eigenvalue weighted by Gasteiger charge is 2.17. The smallest absolute Gasteiger partial charge is 0.270 e. The van der Waals surface area contributed by atoms with E-state index in [1.807, 2.05) is 26.0 Å². The van der Waals surface area contributed by atoms with Crippen molar-refractivity contribution in [2.45, 2.75) is 18.7 Å². The summed E-state index contributed by atoms with van der Waals surface area (Å²) in [7, 11) is -3.81. The van der Waals surface area contributed by atoms with Crippen molar-refractivity contribution in [3.8, 4) is 0 Å². The predicted octanol–water partition coefficient (Wildman–Crippen LogP) is 4.92. The molecule has 1 amide bonds. The number of aryl methyl sites for hydroxylation is 2. The first-order valence-corrected chi connectivity index (χ1v) is 10.9. The Labute approximate surface area is 184 Å². The van der Waals surface area contributed by atoms with Crippen LogP contribution in [-0.2, 0) is 10.0 Å². The lowest BCUT2D eigenvalue weighted by Crippen LogP contribution is -2.15. The first kappa shape index (κ1) is 22.3. The molecular formula is C21H18ClN3O5S. The van der Waals surface area contributed by atoms with Crippen molar-refractivity contribution in [2.24, 2.45) is 0 Å². The zero-order valence-electron chi connectivity index (χ0n) is 16.5. The number of hydrogen-bond acceptors (Lipinski definition) is 5. The zero-order chi connectivity index (χ0) is 22.8. The van der Waals surface area contributed by atoms with E-state index in [0.717, 1.165) is 17.2 Å². The van der Waals surface area contributed by atoms with Crippen LogP contribution in [-0.4, -0.2) is 19.2 Å². The van der Waals surface area contributed by atoms with Gasteiger partial charge in [0.1, 0.15) is 0 Å². The fourth-order valence-corrected chi connectivity index (χ4v) is 4.24. The Kier molecular flexibility index (Phi) is 6.28. The van der Waals surface area contributed by atoms with Gasteiger partial charge < -0.3 is 5.32 Å². The highest BCUT2D eigenvalue weighted by molar-refractivity contribution is 7.92. The van der Waals surface area contributed by atoms with Gasteiger partial charge in [0.25, 0.3) is 21.6 Å². The van der Waals surface area contributed by atoms with Gasteiger partial charge >= 0.3 is 0 Å². The normalized spacial score (nSPS) is 11.1. The number of hydrogen-bond donors (Lipinski definition) is 2. The van der Waals surface area contributed by atoms with Gasteiger partial charge in [0.2, 0.25) is 0 Å². The molecular weight excluding hydrogens is 442 g/mol. The molecule has 0 atom stereocenters. The maximum Gasteiger partial charge on any atom is 0.270 e. The fourth-order valence-electron chi connectivity index (χ4n) is 2.85. The van der Waals surface area contributed by atoms with E-state index < -0.39 is 20.9 Å². The van der Waals surface area contributed by atoms with E-state index >= 15 is 0 Å². The molecule has 31 heavy (non-hydrogen) atoms. The Morgan fingerprint density at radius 3 is 2.26 bits per heavy atom. The van der Waals surface area contributed by atoms with E-state index in [1.54, 1.807) is 6.07 Å². The molecule has 0 aliphatic carbocycles. The summed E-state index contributed by atoms with van der Waals surface area (Å²) in [6.07, 6.45) is 0. The van der Waals surface area contributed by atoms with Gasteiger partial charge in [-0.3, -0.25) is 19.6 Å². The molecule has 3 rings (SSSR count). The maximum absolute atomic E-state index is 12.7. The standard InChI is InChI=1S/C21H18ClN3O5S/c1-13-3-10-20(14(2)11-13)24-31(29,30)17-7-4-15(5-8-17)23-21(26)18-9-6-16(25(27)28)12-19(18)22/h3-12,24H,1-2H3,(H,23,26). The first-order valence-electron chi connectivity index (χ1n) is 9.02. The summed E-state index contributed by atoms with van der Waals surface area (Å²) in [6, 6.07) is 14.5. The average molecular weight is 460 g/mol. The van der Waals surface area contributed by atoms with E-state index in [-0.39, 0.29) is 21.2 Å². The second-order valence-corrected chi connectivity index (χ2v) is 8.91. The van der Waals surface area contributed by atoms with Crippen molar-refractivity contribution in [3.05, 3.63) is 92.5 Å². The Balaban J connectivity index is 1.75. The molecule has 0 unspecified atom stereocenters. The molecule has 10 heteroatoms. The molecule has 0 heterocycles. The number of nitro groups is 1. The molecule has 0 aliphatic rings. The van der Waals surface area contributed by atoms with E-state index in [0.29, 0.717) is 11.4 Å². The number of nitro benzene ring substituents is 1. The molecule has 0 saturated carbocycles. The number of non-ortho nitro benzene ring substituents is 1. The summed E-state index contributed by atoms with van der Waals surface area (Å²) in [5.74, 6) is -0.580. The number of rotatable bonds is 6. The van der Waals surface area contributed by atoms with Gasteiger partial charge in [-0.05, 0) is 55.8 Å². The number of sulfonamides is 1. The minimum absolute atomic E-state index is 0.0267. The molecule has 3 aromatic rings. The summed E-state index contributed by atoms with van der Waals surface area (Å²) in [6.45, 7) is 3.73. The van der Waals surface area contributed by atoms with Crippen molar-refractivity contribution in [2.75, 3.05) is 10.0 Å². The third kappa shape index (κ3) is 5.19. The summed E-state index contributed by atoms with van der Waals surface area (Å²) >= 11 is 5.97. The summed E-state index contributed by atoms with van der Waals surface area (Å²) < 4.78 is 27.9. The Morgan fingerprint density at radius 1 is 1.00 bits per heavy atom. The quantitative estimate of drug-likeness (QED) is 0.400. The van der Waals surface area contributed by atoms with Gasteiger partial charge in [0.05, 0.1) is 26.1 Å². The average Bonchev–Trinajstić information content (AvgIpc) is 2.70. The van der Waals surface area contributed by atoms with E-state index in [9.17, 15) is 23.3 Å². The molecule has 8 nitrogen and oxygen atoms in total. The molecule has 0 aliphatic heterocycles. The lowest BCUT2D eigenvalue weighted by atomic mass is 10.1. The van der Waals surface area contributed by atoms with Gasteiger partial charge in [-0.25, -0.2) is 8.42 Å². The van der Waals surface area contributed by atoms with Crippen molar-refractivity contribution in [1.29, 1.82) is 0 Å². The van der Waals surface area contributed by atoms with E-state index in [4.69, 9.17) is 11.6 Å². The molecule has 0 saturated heterocycles. The van der Waals surface area contributed by atoms with Crippen LogP contribution < -0.4 is 10.0 Å². The largest absolute Gasteiger partial charge is 0.322 e. The van der Waals surface area contributed by atoms with Crippen LogP contribution in [0, 0.1) is 24.0 Å². The third-order valence-corrected chi connectivity index (χ3v) is 6.15. The van der Waals surface area contributed by atoms with Gasteiger partial charge in [0.15, 0.2) is 0 Å². The van der Waals surface area contributed by atoms with Crippen LogP contribution in [0.1, 0.15) is 21.5 Å². The Bertz CT molecular complexity index is 1270. The molecule has 160 valence electrons. The monoisotopic (exact) mass is 459 g/mol. The fraction of sp³-hybridized carbons (Fsp3) is 0.0952. The second kappa shape index (κ2) is 8.75. The minimum Gasteiger partial charge on any atom is -0.322 e. The lowest BCUT2D eigenvalue weighted by Gasteiger charge is -2.12. The minimum atomic E-state index is -3.81. The Hall–Kier alpha value is -3.43. The highest BCUT2D eigenvalue weighted by Crippen LogP contribution is 2.25. The number of nitrogens with zero attached hydrogens (tertiary/aromatic N) is 1. The van der Waals surface area contributed by atoms with Crippen molar-refractivity contribution < 1.29 is 18.1 Å². The molecule has 3 aromatic carbocycles. The zero-order valence-corrected chi connectivity index (χ0v) is 18.1. The van der Waals surface area contributed by atoms with Crippen LogP contribution in [0.3, 0.4) is 0 Å². The number of benzene rings is 3. The molecule has 0 spiro atoms. The van der Waals surface area contributed by atoms with Crippen LogP contribution in [0.5, 0.6) is 0 Å². The summed E-state index contributed by atoms with van der Waals surface area (Å²) in [5.41, 5.74) is 2.47. The van der Waals surface area contributed by atoms with Crippen molar-refractivity contribution in [3.63, 3.8) is 0 Å². The number of carbonyl (C=O) groups excluding carboxylic acids is 1. The number of halogens is 1. The number of nitrogens with one attached hydrogen (secondary N) is 2. The van der Waals surface area contributed by atoms with Crippen LogP contribution in [0.15, 0.2) is 65.6 Å². The predicted molar refractivity (Wildman–Crippen MR) is 119 cm³/mol. The van der Waals surface area contributed by atoms with Gasteiger partial charge in [-0.2, -0.15) is 0 Å². The Morgan fingerprint density at radius 2 is 1.68 bits per heavy atom. The molecule has 0 aromatic heterocycles. The number of anilines is 2. The van der Waals surface area contributed by atoms with E-state index in [1.165, 1.54) is 36.4 Å². The van der Waals surface area contributed by atoms with Crippen molar-refractivity contribution >= 4 is 44.6 Å².